The number of carbonyl (C=O) groups excluding carboxylic acids is 1. The largest absolute Gasteiger partial charge is 0.490 e. The molecule has 3 heteroatoms. The number of rotatable bonds is 6. The van der Waals surface area contributed by atoms with Crippen molar-refractivity contribution < 1.29 is 14.3 Å². The summed E-state index contributed by atoms with van der Waals surface area (Å²) in [5.41, 5.74) is 1.99. The van der Waals surface area contributed by atoms with Crippen LogP contribution in [0.5, 0.6) is 5.75 Å². The summed E-state index contributed by atoms with van der Waals surface area (Å²) in [4.78, 5) is 12.5. The number of allylic oxidation sites excluding steroid dienone is 2. The fourth-order valence-corrected chi connectivity index (χ4v) is 4.16. The zero-order valence-corrected chi connectivity index (χ0v) is 15.1. The Hall–Kier alpha value is -2.55. The molecule has 1 fully saturated rings. The van der Waals surface area contributed by atoms with Gasteiger partial charge in [-0.25, -0.2) is 0 Å². The molecule has 26 heavy (non-hydrogen) atoms. The molecule has 0 spiro atoms. The molecule has 0 aliphatic heterocycles. The van der Waals surface area contributed by atoms with E-state index in [0.717, 1.165) is 24.2 Å². The van der Waals surface area contributed by atoms with Crippen molar-refractivity contribution in [3.8, 4) is 16.9 Å². The third-order valence-electron chi connectivity index (χ3n) is 5.69. The van der Waals surface area contributed by atoms with Gasteiger partial charge >= 0.3 is 5.97 Å². The van der Waals surface area contributed by atoms with E-state index in [1.807, 2.05) is 49.4 Å². The summed E-state index contributed by atoms with van der Waals surface area (Å²) in [5, 5.41) is 0. The Labute approximate surface area is 154 Å². The molecule has 0 radical (unpaired) electrons. The van der Waals surface area contributed by atoms with Gasteiger partial charge in [0.05, 0.1) is 5.41 Å². The van der Waals surface area contributed by atoms with Crippen molar-refractivity contribution in [1.82, 2.24) is 0 Å². The maximum Gasteiger partial charge on any atom is 0.312 e. The van der Waals surface area contributed by atoms with Gasteiger partial charge in [0.1, 0.15) is 19.0 Å². The molecule has 134 valence electrons. The Morgan fingerprint density at radius 2 is 1.73 bits per heavy atom. The molecule has 3 unspecified atom stereocenters. The predicted molar refractivity (Wildman–Crippen MR) is 102 cm³/mol. The van der Waals surface area contributed by atoms with Crippen LogP contribution in [0.3, 0.4) is 0 Å². The molecule has 1 saturated carbocycles. The van der Waals surface area contributed by atoms with E-state index in [2.05, 4.69) is 24.3 Å². The number of esters is 1. The first kappa shape index (κ1) is 16.9. The monoisotopic (exact) mass is 348 g/mol. The topological polar surface area (TPSA) is 35.5 Å². The van der Waals surface area contributed by atoms with E-state index in [9.17, 15) is 4.79 Å². The molecule has 0 saturated heterocycles. The lowest BCUT2D eigenvalue weighted by Gasteiger charge is -2.28. The fraction of sp³-hybridized carbons (Fsp3) is 0.348. The number of carbonyl (C=O) groups is 1. The Balaban J connectivity index is 1.25. The van der Waals surface area contributed by atoms with E-state index in [0.29, 0.717) is 18.4 Å². The maximum atomic E-state index is 12.5. The lowest BCUT2D eigenvalue weighted by Crippen LogP contribution is -2.34. The molecule has 2 aromatic carbocycles. The minimum absolute atomic E-state index is 0.0858. The first-order chi connectivity index (χ1) is 12.6. The van der Waals surface area contributed by atoms with E-state index >= 15 is 0 Å². The molecule has 4 rings (SSSR count). The Morgan fingerprint density at radius 1 is 1.00 bits per heavy atom. The normalized spacial score (nSPS) is 26.0. The second-order valence-corrected chi connectivity index (χ2v) is 7.48. The van der Waals surface area contributed by atoms with Crippen LogP contribution in [0.15, 0.2) is 66.7 Å². The molecule has 3 atom stereocenters. The van der Waals surface area contributed by atoms with Gasteiger partial charge in [-0.05, 0) is 54.9 Å². The quantitative estimate of drug-likeness (QED) is 0.424. The molecule has 3 nitrogen and oxygen atoms in total. The van der Waals surface area contributed by atoms with Crippen molar-refractivity contribution in [3.63, 3.8) is 0 Å². The molecule has 2 aliphatic carbocycles. The second-order valence-electron chi connectivity index (χ2n) is 7.48. The van der Waals surface area contributed by atoms with E-state index in [1.54, 1.807) is 0 Å². The molecule has 2 aromatic rings. The van der Waals surface area contributed by atoms with Crippen LogP contribution in [0.4, 0.5) is 0 Å². The van der Waals surface area contributed by atoms with Crippen molar-refractivity contribution in [2.45, 2.75) is 19.8 Å². The SMILES string of the molecule is CC1(C(=O)OCCOc2ccc(-c3ccccc3)cc2)CC2C=CC1C2. The van der Waals surface area contributed by atoms with Gasteiger partial charge in [-0.2, -0.15) is 0 Å². The highest BCUT2D eigenvalue weighted by atomic mass is 16.6. The van der Waals surface area contributed by atoms with Crippen molar-refractivity contribution in [2.24, 2.45) is 17.3 Å². The predicted octanol–water partition coefficient (Wildman–Crippen LogP) is 4.88. The number of ether oxygens (including phenoxy) is 2. The van der Waals surface area contributed by atoms with E-state index in [1.165, 1.54) is 5.56 Å². The van der Waals surface area contributed by atoms with Gasteiger partial charge < -0.3 is 9.47 Å². The number of benzene rings is 2. The van der Waals surface area contributed by atoms with Crippen molar-refractivity contribution in [3.05, 3.63) is 66.7 Å². The van der Waals surface area contributed by atoms with Crippen LogP contribution < -0.4 is 4.74 Å². The number of hydrogen-bond acceptors (Lipinski definition) is 3. The van der Waals surface area contributed by atoms with Gasteiger partial charge in [0, 0.05) is 0 Å². The van der Waals surface area contributed by atoms with Crippen LogP contribution in [0.1, 0.15) is 19.8 Å². The Morgan fingerprint density at radius 3 is 2.38 bits per heavy atom. The second kappa shape index (κ2) is 6.99. The number of hydrogen-bond donors (Lipinski definition) is 0. The van der Waals surface area contributed by atoms with E-state index < -0.39 is 0 Å². The van der Waals surface area contributed by atoms with Crippen molar-refractivity contribution in [1.29, 1.82) is 0 Å². The summed E-state index contributed by atoms with van der Waals surface area (Å²) < 4.78 is 11.2. The van der Waals surface area contributed by atoms with Gasteiger partial charge in [-0.1, -0.05) is 54.6 Å². The smallest absolute Gasteiger partial charge is 0.312 e. The lowest BCUT2D eigenvalue weighted by atomic mass is 9.78. The van der Waals surface area contributed by atoms with E-state index in [4.69, 9.17) is 9.47 Å². The summed E-state index contributed by atoms with van der Waals surface area (Å²) >= 11 is 0. The van der Waals surface area contributed by atoms with Crippen LogP contribution in [-0.4, -0.2) is 19.2 Å². The van der Waals surface area contributed by atoms with Crippen LogP contribution in [0.25, 0.3) is 11.1 Å². The first-order valence-electron chi connectivity index (χ1n) is 9.29. The van der Waals surface area contributed by atoms with Gasteiger partial charge in [0.25, 0.3) is 0 Å². The van der Waals surface area contributed by atoms with Gasteiger partial charge in [0.15, 0.2) is 0 Å². The maximum absolute atomic E-state index is 12.5. The summed E-state index contributed by atoms with van der Waals surface area (Å²) in [6.07, 6.45) is 6.42. The highest BCUT2D eigenvalue weighted by Crippen LogP contribution is 2.52. The summed E-state index contributed by atoms with van der Waals surface area (Å²) in [7, 11) is 0. The number of fused-ring (bicyclic) bond motifs is 2. The molecule has 2 aliphatic rings. The third kappa shape index (κ3) is 3.26. The summed E-state index contributed by atoms with van der Waals surface area (Å²) in [6, 6.07) is 18.2. The zero-order valence-electron chi connectivity index (χ0n) is 15.1. The van der Waals surface area contributed by atoms with Crippen molar-refractivity contribution in [2.75, 3.05) is 13.2 Å². The summed E-state index contributed by atoms with van der Waals surface area (Å²) in [6.45, 7) is 2.69. The van der Waals surface area contributed by atoms with Crippen LogP contribution in [0.2, 0.25) is 0 Å². The lowest BCUT2D eigenvalue weighted by molar-refractivity contribution is -0.157. The van der Waals surface area contributed by atoms with E-state index in [-0.39, 0.29) is 18.0 Å². The van der Waals surface area contributed by atoms with Gasteiger partial charge in [-0.15, -0.1) is 0 Å². The molecule has 0 amide bonds. The first-order valence-corrected chi connectivity index (χ1v) is 9.29. The van der Waals surface area contributed by atoms with Crippen LogP contribution in [0, 0.1) is 17.3 Å². The average Bonchev–Trinajstić information content (AvgIpc) is 3.27. The van der Waals surface area contributed by atoms with Crippen molar-refractivity contribution >= 4 is 5.97 Å². The molecular weight excluding hydrogens is 324 g/mol. The highest BCUT2D eigenvalue weighted by Gasteiger charge is 2.50. The fourth-order valence-electron chi connectivity index (χ4n) is 4.16. The Kier molecular flexibility index (Phi) is 4.54. The molecular formula is C23H24O3. The third-order valence-corrected chi connectivity index (χ3v) is 5.69. The van der Waals surface area contributed by atoms with Crippen LogP contribution in [-0.2, 0) is 9.53 Å². The standard InChI is InChI=1S/C23H24O3/c1-23(16-17-7-10-20(23)15-17)22(24)26-14-13-25-21-11-8-19(9-12-21)18-5-3-2-4-6-18/h2-12,17,20H,13-16H2,1H3. The molecule has 0 N–H and O–H groups in total. The summed E-state index contributed by atoms with van der Waals surface area (Å²) in [5.74, 6) is 1.59. The molecule has 0 aromatic heterocycles. The molecule has 2 bridgehead atoms. The zero-order chi connectivity index (χ0) is 18.0. The van der Waals surface area contributed by atoms with Gasteiger partial charge in [0.2, 0.25) is 0 Å². The average molecular weight is 348 g/mol. The Bertz CT molecular complexity index is 794. The highest BCUT2D eigenvalue weighted by molar-refractivity contribution is 5.78. The van der Waals surface area contributed by atoms with Crippen LogP contribution >= 0.6 is 0 Å². The van der Waals surface area contributed by atoms with Gasteiger partial charge in [-0.3, -0.25) is 4.79 Å². The minimum Gasteiger partial charge on any atom is -0.490 e. The minimum atomic E-state index is -0.350. The molecule has 0 heterocycles.